The van der Waals surface area contributed by atoms with Gasteiger partial charge in [-0.2, -0.15) is 19.2 Å². The SMILES string of the molecule is Nc1cc(NCCc2ccc(-c3nn4c(N)cc(NCc5ccc(-c6ccccc6)cc5)nc4c3Br)cc2)nc2c(Br)cnn12. The molecule has 0 unspecified atom stereocenters. The summed E-state index contributed by atoms with van der Waals surface area (Å²) in [5.41, 5.74) is 20.3. The maximum atomic E-state index is 6.41. The lowest BCUT2D eigenvalue weighted by Crippen LogP contribution is -2.09. The lowest BCUT2D eigenvalue weighted by Gasteiger charge is -2.09. The van der Waals surface area contributed by atoms with Crippen LogP contribution in [0.3, 0.4) is 0 Å². The minimum atomic E-state index is 0.493. The predicted molar refractivity (Wildman–Crippen MR) is 187 cm³/mol. The van der Waals surface area contributed by atoms with Crippen LogP contribution in [0.25, 0.3) is 33.7 Å². The lowest BCUT2D eigenvalue weighted by atomic mass is 10.0. The minimum absolute atomic E-state index is 0.493. The Bertz CT molecular complexity index is 2120. The number of nitrogen functional groups attached to an aromatic ring is 2. The summed E-state index contributed by atoms with van der Waals surface area (Å²) >= 11 is 7.19. The number of nitrogens with two attached hydrogens (primary N) is 2. The van der Waals surface area contributed by atoms with Crippen LogP contribution in [0.5, 0.6) is 0 Å². The minimum Gasteiger partial charge on any atom is -0.383 e. The molecule has 0 aliphatic heterocycles. The summed E-state index contributed by atoms with van der Waals surface area (Å²) in [6.45, 7) is 1.31. The smallest absolute Gasteiger partial charge is 0.174 e. The van der Waals surface area contributed by atoms with Crippen LogP contribution in [-0.4, -0.2) is 35.7 Å². The molecule has 0 spiro atoms. The van der Waals surface area contributed by atoms with Crippen molar-refractivity contribution >= 4 is 66.4 Å². The van der Waals surface area contributed by atoms with Crippen LogP contribution < -0.4 is 22.1 Å². The van der Waals surface area contributed by atoms with Crippen molar-refractivity contribution in [1.29, 1.82) is 0 Å². The molecule has 0 aliphatic carbocycles. The topological polar surface area (TPSA) is 136 Å². The molecule has 3 aromatic carbocycles. The molecule has 12 heteroatoms. The number of nitrogens with one attached hydrogen (secondary N) is 2. The third kappa shape index (κ3) is 5.94. The Kier molecular flexibility index (Phi) is 7.82. The average Bonchev–Trinajstić information content (AvgIpc) is 3.61. The molecule has 0 saturated carbocycles. The fourth-order valence-electron chi connectivity index (χ4n) is 5.14. The van der Waals surface area contributed by atoms with Crippen LogP contribution in [0, 0.1) is 0 Å². The Labute approximate surface area is 275 Å². The zero-order valence-corrected chi connectivity index (χ0v) is 27.1. The highest BCUT2D eigenvalue weighted by atomic mass is 79.9. The van der Waals surface area contributed by atoms with Gasteiger partial charge < -0.3 is 22.1 Å². The first-order chi connectivity index (χ1) is 21.9. The number of nitrogens with zero attached hydrogens (tertiary/aromatic N) is 6. The number of anilines is 4. The van der Waals surface area contributed by atoms with Crippen LogP contribution in [0.1, 0.15) is 11.1 Å². The van der Waals surface area contributed by atoms with E-state index >= 15 is 0 Å². The van der Waals surface area contributed by atoms with Crippen LogP contribution in [-0.2, 0) is 13.0 Å². The van der Waals surface area contributed by atoms with E-state index in [9.17, 15) is 0 Å². The number of fused-ring (bicyclic) bond motifs is 2. The molecule has 0 atom stereocenters. The van der Waals surface area contributed by atoms with Gasteiger partial charge in [-0.3, -0.25) is 0 Å². The molecule has 0 amide bonds. The molecule has 7 rings (SSSR count). The van der Waals surface area contributed by atoms with Gasteiger partial charge in [-0.05, 0) is 60.5 Å². The summed E-state index contributed by atoms with van der Waals surface area (Å²) in [6, 6.07) is 30.7. The van der Waals surface area contributed by atoms with Crippen LogP contribution in [0.4, 0.5) is 23.3 Å². The van der Waals surface area contributed by atoms with Crippen molar-refractivity contribution in [1.82, 2.24) is 29.2 Å². The van der Waals surface area contributed by atoms with Crippen LogP contribution >= 0.6 is 31.9 Å². The number of hydrogen-bond donors (Lipinski definition) is 4. The molecule has 7 aromatic rings. The summed E-state index contributed by atoms with van der Waals surface area (Å²) < 4.78 is 4.83. The molecule has 0 bridgehead atoms. The van der Waals surface area contributed by atoms with Gasteiger partial charge in [0.2, 0.25) is 0 Å². The van der Waals surface area contributed by atoms with Gasteiger partial charge >= 0.3 is 0 Å². The first-order valence-electron chi connectivity index (χ1n) is 14.3. The highest BCUT2D eigenvalue weighted by molar-refractivity contribution is 9.11. The Morgan fingerprint density at radius 3 is 2.04 bits per heavy atom. The van der Waals surface area contributed by atoms with Crippen molar-refractivity contribution in [3.05, 3.63) is 117 Å². The molecular weight excluding hydrogens is 696 g/mol. The van der Waals surface area contributed by atoms with E-state index in [1.54, 1.807) is 27.4 Å². The molecule has 0 saturated heterocycles. The number of hydrogen-bond acceptors (Lipinski definition) is 8. The first-order valence-corrected chi connectivity index (χ1v) is 15.9. The molecule has 6 N–H and O–H groups in total. The highest BCUT2D eigenvalue weighted by Crippen LogP contribution is 2.32. The van der Waals surface area contributed by atoms with E-state index in [2.05, 4.69) is 113 Å². The number of aromatic nitrogens is 6. The van der Waals surface area contributed by atoms with E-state index < -0.39 is 0 Å². The summed E-state index contributed by atoms with van der Waals surface area (Å²) in [4.78, 5) is 9.40. The number of benzene rings is 3. The second kappa shape index (κ2) is 12.2. The van der Waals surface area contributed by atoms with Crippen molar-refractivity contribution in [2.75, 3.05) is 28.6 Å². The Balaban J connectivity index is 1.01. The van der Waals surface area contributed by atoms with Crippen molar-refractivity contribution in [3.8, 4) is 22.4 Å². The molecule has 0 radical (unpaired) electrons. The van der Waals surface area contributed by atoms with Gasteiger partial charge in [-0.15, -0.1) is 0 Å². The quantitative estimate of drug-likeness (QED) is 0.124. The average molecular weight is 724 g/mol. The van der Waals surface area contributed by atoms with Gasteiger partial charge in [0.15, 0.2) is 11.3 Å². The monoisotopic (exact) mass is 722 g/mol. The number of rotatable bonds is 9. The van der Waals surface area contributed by atoms with Crippen molar-refractivity contribution in [2.24, 2.45) is 0 Å². The van der Waals surface area contributed by atoms with E-state index in [4.69, 9.17) is 21.5 Å². The lowest BCUT2D eigenvalue weighted by molar-refractivity contribution is 0.943. The fourth-order valence-corrected chi connectivity index (χ4v) is 6.05. The first kappa shape index (κ1) is 28.8. The Morgan fingerprint density at radius 2 is 1.29 bits per heavy atom. The Hall–Kier alpha value is -4.94. The predicted octanol–water partition coefficient (Wildman–Crippen LogP) is 7.06. The van der Waals surface area contributed by atoms with E-state index in [0.29, 0.717) is 47.7 Å². The molecular formula is C33H28Br2N10. The molecule has 224 valence electrons. The molecule has 4 aromatic heterocycles. The van der Waals surface area contributed by atoms with Crippen molar-refractivity contribution in [3.63, 3.8) is 0 Å². The summed E-state index contributed by atoms with van der Waals surface area (Å²) in [6.07, 6.45) is 2.48. The fraction of sp³-hybridized carbons (Fsp3) is 0.0909. The van der Waals surface area contributed by atoms with Gasteiger partial charge in [0.05, 0.1) is 15.1 Å². The molecule has 0 aliphatic rings. The third-order valence-electron chi connectivity index (χ3n) is 7.50. The zero-order valence-electron chi connectivity index (χ0n) is 24.0. The van der Waals surface area contributed by atoms with Crippen LogP contribution in [0.2, 0.25) is 0 Å². The van der Waals surface area contributed by atoms with Crippen molar-refractivity contribution < 1.29 is 0 Å². The third-order valence-corrected chi connectivity index (χ3v) is 8.79. The van der Waals surface area contributed by atoms with Gasteiger partial charge in [-0.25, -0.2) is 9.97 Å². The van der Waals surface area contributed by atoms with Gasteiger partial charge in [-0.1, -0.05) is 78.9 Å². The zero-order chi connectivity index (χ0) is 30.9. The van der Waals surface area contributed by atoms with Gasteiger partial charge in [0, 0.05) is 30.8 Å². The second-order valence-electron chi connectivity index (χ2n) is 10.5. The summed E-state index contributed by atoms with van der Waals surface area (Å²) in [5, 5.41) is 15.7. The van der Waals surface area contributed by atoms with Gasteiger partial charge in [0.25, 0.3) is 0 Å². The van der Waals surface area contributed by atoms with Crippen molar-refractivity contribution in [2.45, 2.75) is 13.0 Å². The van der Waals surface area contributed by atoms with Gasteiger partial charge in [0.1, 0.15) is 29.0 Å². The largest absolute Gasteiger partial charge is 0.383 e. The highest BCUT2D eigenvalue weighted by Gasteiger charge is 2.16. The maximum absolute atomic E-state index is 6.41. The van der Waals surface area contributed by atoms with E-state index in [1.807, 2.05) is 18.2 Å². The van der Waals surface area contributed by atoms with Crippen LogP contribution in [0.15, 0.2) is 106 Å². The van der Waals surface area contributed by atoms with E-state index in [-0.39, 0.29) is 0 Å². The molecule has 0 fully saturated rings. The van der Waals surface area contributed by atoms with E-state index in [1.165, 1.54) is 16.7 Å². The maximum Gasteiger partial charge on any atom is 0.174 e. The second-order valence-corrected chi connectivity index (χ2v) is 12.2. The summed E-state index contributed by atoms with van der Waals surface area (Å²) in [7, 11) is 0. The Morgan fingerprint density at radius 1 is 0.667 bits per heavy atom. The van der Waals surface area contributed by atoms with E-state index in [0.717, 1.165) is 32.2 Å². The molecule has 45 heavy (non-hydrogen) atoms. The standard InChI is InChI=1S/C33H28Br2N10/c34-25-19-40-44-26(36)16-28(41-32(25)44)38-15-14-20-6-12-24(13-7-20)31-30(35)33-42-29(17-27(37)45(33)43-31)39-18-21-8-10-23(11-9-21)22-4-2-1-3-5-22/h1-13,16-17,19H,14-15,18,36-37H2,(H,38,41)(H,39,42). The number of halogens is 2. The molecule has 10 nitrogen and oxygen atoms in total. The summed E-state index contributed by atoms with van der Waals surface area (Å²) in [5.74, 6) is 2.39. The molecule has 4 heterocycles. The normalized spacial score (nSPS) is 11.3.